The molecule has 1 atom stereocenters. The molecule has 4 nitrogen and oxygen atoms in total. The fourth-order valence-electron chi connectivity index (χ4n) is 1.66. The number of aryl methyl sites for hydroxylation is 1. The number of nitrogens with one attached hydrogen (secondary N) is 1. The van der Waals surface area contributed by atoms with Crippen molar-refractivity contribution in [2.45, 2.75) is 38.2 Å². The lowest BCUT2D eigenvalue weighted by atomic mass is 10.1. The molecule has 2 N–H and O–H groups in total. The number of benzene rings is 1. The minimum absolute atomic E-state index is 0.0734. The summed E-state index contributed by atoms with van der Waals surface area (Å²) in [6.07, 6.45) is -0.241. The Hall–Kier alpha value is -0.980. The third kappa shape index (κ3) is 4.89. The molecule has 0 amide bonds. The van der Waals surface area contributed by atoms with Crippen molar-refractivity contribution in [3.63, 3.8) is 0 Å². The molecule has 0 bridgehead atoms. The number of rotatable bonds is 6. The van der Waals surface area contributed by atoms with Gasteiger partial charge in [0.2, 0.25) is 10.0 Å². The van der Waals surface area contributed by atoms with Crippen LogP contribution in [0.5, 0.6) is 0 Å². The van der Waals surface area contributed by atoms with Gasteiger partial charge in [-0.3, -0.25) is 0 Å². The predicted octanol–water partition coefficient (Wildman–Crippen LogP) is 1.82. The average Bonchev–Trinajstić information content (AvgIpc) is 2.29. The molecule has 6 heteroatoms. The maximum Gasteiger partial charge on any atom is 0.240 e. The Morgan fingerprint density at radius 1 is 1.37 bits per heavy atom. The average molecular weight is 289 g/mol. The van der Waals surface area contributed by atoms with Crippen molar-refractivity contribution in [2.75, 3.05) is 6.54 Å². The van der Waals surface area contributed by atoms with Gasteiger partial charge >= 0.3 is 0 Å². The summed E-state index contributed by atoms with van der Waals surface area (Å²) in [5.74, 6) is -0.290. The standard InChI is InChI=1S/C13H20FNO3S/c1-9(2)6-11(16)8-15-19(17,18)12-5-4-10(3)13(14)7-12/h4-5,7,9,11,15-16H,6,8H2,1-3H3. The molecule has 1 aromatic rings. The van der Waals surface area contributed by atoms with E-state index in [2.05, 4.69) is 4.72 Å². The molecule has 1 unspecified atom stereocenters. The first-order valence-corrected chi connectivity index (χ1v) is 7.64. The van der Waals surface area contributed by atoms with Crippen molar-refractivity contribution in [2.24, 2.45) is 5.92 Å². The van der Waals surface area contributed by atoms with Gasteiger partial charge in [-0.05, 0) is 37.0 Å². The number of aliphatic hydroxyl groups is 1. The van der Waals surface area contributed by atoms with Gasteiger partial charge in [0, 0.05) is 6.54 Å². The predicted molar refractivity (Wildman–Crippen MR) is 71.8 cm³/mol. The van der Waals surface area contributed by atoms with Crippen LogP contribution in [-0.2, 0) is 10.0 Å². The highest BCUT2D eigenvalue weighted by molar-refractivity contribution is 7.89. The Labute approximate surface area is 113 Å². The Morgan fingerprint density at radius 2 is 2.00 bits per heavy atom. The number of hydrogen-bond donors (Lipinski definition) is 2. The molecule has 0 saturated heterocycles. The molecule has 0 aromatic heterocycles. The zero-order valence-corrected chi connectivity index (χ0v) is 12.2. The summed E-state index contributed by atoms with van der Waals surface area (Å²) in [6.45, 7) is 5.36. The van der Waals surface area contributed by atoms with Crippen LogP contribution >= 0.6 is 0 Å². The van der Waals surface area contributed by atoms with Crippen molar-refractivity contribution in [3.8, 4) is 0 Å². The molecule has 0 heterocycles. The molecule has 19 heavy (non-hydrogen) atoms. The zero-order valence-electron chi connectivity index (χ0n) is 11.4. The maximum absolute atomic E-state index is 13.3. The summed E-state index contributed by atoms with van der Waals surface area (Å²) in [7, 11) is -3.78. The normalized spacial score (nSPS) is 13.8. The largest absolute Gasteiger partial charge is 0.392 e. The Morgan fingerprint density at radius 3 is 2.53 bits per heavy atom. The molecule has 0 aliphatic carbocycles. The van der Waals surface area contributed by atoms with Crippen LogP contribution in [0.3, 0.4) is 0 Å². The number of halogens is 1. The van der Waals surface area contributed by atoms with Gasteiger partial charge in [0.05, 0.1) is 11.0 Å². The molecule has 0 fully saturated rings. The maximum atomic E-state index is 13.3. The van der Waals surface area contributed by atoms with Crippen molar-refractivity contribution >= 4 is 10.0 Å². The minimum atomic E-state index is -3.78. The Bertz CT molecular complexity index is 529. The lowest BCUT2D eigenvalue weighted by molar-refractivity contribution is 0.152. The first-order chi connectivity index (χ1) is 8.72. The highest BCUT2D eigenvalue weighted by atomic mass is 32.2. The van der Waals surface area contributed by atoms with E-state index in [9.17, 15) is 17.9 Å². The Kier molecular flexibility index (Phi) is 5.46. The summed E-state index contributed by atoms with van der Waals surface area (Å²) in [5, 5.41) is 9.63. The van der Waals surface area contributed by atoms with Crippen LogP contribution in [-0.4, -0.2) is 26.2 Å². The topological polar surface area (TPSA) is 66.4 Å². The zero-order chi connectivity index (χ0) is 14.6. The van der Waals surface area contributed by atoms with E-state index < -0.39 is 21.9 Å². The lowest BCUT2D eigenvalue weighted by Crippen LogP contribution is -2.32. The smallest absolute Gasteiger partial charge is 0.240 e. The third-order valence-electron chi connectivity index (χ3n) is 2.71. The molecular formula is C13H20FNO3S. The van der Waals surface area contributed by atoms with Gasteiger partial charge in [0.15, 0.2) is 0 Å². The molecular weight excluding hydrogens is 269 g/mol. The van der Waals surface area contributed by atoms with Crippen molar-refractivity contribution < 1.29 is 17.9 Å². The summed E-state index contributed by atoms with van der Waals surface area (Å²) in [6, 6.07) is 3.73. The molecule has 0 aliphatic heterocycles. The summed E-state index contributed by atoms with van der Waals surface area (Å²) in [5.41, 5.74) is 0.388. The SMILES string of the molecule is Cc1ccc(S(=O)(=O)NCC(O)CC(C)C)cc1F. The van der Waals surface area contributed by atoms with Crippen LogP contribution < -0.4 is 4.72 Å². The van der Waals surface area contributed by atoms with Crippen LogP contribution in [0.4, 0.5) is 4.39 Å². The van der Waals surface area contributed by atoms with Gasteiger partial charge in [-0.25, -0.2) is 17.5 Å². The lowest BCUT2D eigenvalue weighted by Gasteiger charge is -2.14. The molecule has 1 aromatic carbocycles. The first kappa shape index (κ1) is 16.1. The molecule has 0 aliphatic rings. The minimum Gasteiger partial charge on any atom is -0.392 e. The van der Waals surface area contributed by atoms with Gasteiger partial charge in [-0.2, -0.15) is 0 Å². The fourth-order valence-corrected chi connectivity index (χ4v) is 2.74. The van der Waals surface area contributed by atoms with E-state index in [4.69, 9.17) is 0 Å². The van der Waals surface area contributed by atoms with Crippen LogP contribution in [0.1, 0.15) is 25.8 Å². The van der Waals surface area contributed by atoms with Gasteiger partial charge < -0.3 is 5.11 Å². The van der Waals surface area contributed by atoms with Crippen LogP contribution in [0.25, 0.3) is 0 Å². The number of hydrogen-bond acceptors (Lipinski definition) is 3. The van der Waals surface area contributed by atoms with E-state index in [1.165, 1.54) is 12.1 Å². The second-order valence-electron chi connectivity index (χ2n) is 5.05. The molecule has 0 radical (unpaired) electrons. The molecule has 1 rings (SSSR count). The monoisotopic (exact) mass is 289 g/mol. The highest BCUT2D eigenvalue weighted by Crippen LogP contribution is 2.14. The van der Waals surface area contributed by atoms with Crippen molar-refractivity contribution in [3.05, 3.63) is 29.6 Å². The van der Waals surface area contributed by atoms with Crippen LogP contribution in [0.15, 0.2) is 23.1 Å². The second kappa shape index (κ2) is 6.45. The number of aliphatic hydroxyl groups excluding tert-OH is 1. The Balaban J connectivity index is 2.73. The van der Waals surface area contributed by atoms with E-state index in [0.29, 0.717) is 12.0 Å². The van der Waals surface area contributed by atoms with Crippen molar-refractivity contribution in [1.29, 1.82) is 0 Å². The van der Waals surface area contributed by atoms with Crippen LogP contribution in [0, 0.1) is 18.7 Å². The fraction of sp³-hybridized carbons (Fsp3) is 0.538. The van der Waals surface area contributed by atoms with E-state index in [-0.39, 0.29) is 17.4 Å². The first-order valence-electron chi connectivity index (χ1n) is 6.16. The quantitative estimate of drug-likeness (QED) is 0.839. The molecule has 0 saturated carbocycles. The van der Waals surface area contributed by atoms with E-state index in [1.54, 1.807) is 6.92 Å². The van der Waals surface area contributed by atoms with E-state index >= 15 is 0 Å². The summed E-state index contributed by atoms with van der Waals surface area (Å²) in [4.78, 5) is -0.132. The third-order valence-corrected chi connectivity index (χ3v) is 4.13. The van der Waals surface area contributed by atoms with Crippen LogP contribution in [0.2, 0.25) is 0 Å². The van der Waals surface area contributed by atoms with Crippen molar-refractivity contribution in [1.82, 2.24) is 4.72 Å². The number of sulfonamides is 1. The van der Waals surface area contributed by atoms with Gasteiger partial charge in [-0.15, -0.1) is 0 Å². The highest BCUT2D eigenvalue weighted by Gasteiger charge is 2.17. The summed E-state index contributed by atoms with van der Waals surface area (Å²) < 4.78 is 39.4. The second-order valence-corrected chi connectivity index (χ2v) is 6.81. The molecule has 0 spiro atoms. The summed E-state index contributed by atoms with van der Waals surface area (Å²) >= 11 is 0. The van der Waals surface area contributed by atoms with Gasteiger partial charge in [0.1, 0.15) is 5.82 Å². The van der Waals surface area contributed by atoms with E-state index in [0.717, 1.165) is 6.07 Å². The van der Waals surface area contributed by atoms with Gasteiger partial charge in [0.25, 0.3) is 0 Å². The van der Waals surface area contributed by atoms with E-state index in [1.807, 2.05) is 13.8 Å². The van der Waals surface area contributed by atoms with Gasteiger partial charge in [-0.1, -0.05) is 19.9 Å². The molecule has 108 valence electrons.